The Hall–Kier alpha value is -1.62. The topological polar surface area (TPSA) is 58.4 Å². The maximum Gasteiger partial charge on any atom is 0.242 e. The zero-order valence-electron chi connectivity index (χ0n) is 11.6. The Balaban J connectivity index is 2.23. The van der Waals surface area contributed by atoms with E-state index in [9.17, 15) is 9.18 Å². The number of benzene rings is 1. The molecule has 1 fully saturated rings. The summed E-state index contributed by atoms with van der Waals surface area (Å²) in [4.78, 5) is 14.2. The number of carbonyl (C=O) groups is 1. The van der Waals surface area contributed by atoms with Gasteiger partial charge in [0.15, 0.2) is 0 Å². The minimum atomic E-state index is -0.283. The van der Waals surface area contributed by atoms with Crippen LogP contribution in [0.2, 0.25) is 0 Å². The molecule has 3 N–H and O–H groups in total. The third-order valence-corrected chi connectivity index (χ3v) is 3.63. The third kappa shape index (κ3) is 3.70. The first-order valence-electron chi connectivity index (χ1n) is 7.22. The Kier molecular flexibility index (Phi) is 5.35. The van der Waals surface area contributed by atoms with Gasteiger partial charge in [-0.15, -0.1) is 0 Å². The van der Waals surface area contributed by atoms with Crippen LogP contribution in [0.15, 0.2) is 24.3 Å². The molecular formula is C15H22FN3O. The molecule has 0 saturated carbocycles. The van der Waals surface area contributed by atoms with Crippen LogP contribution in [-0.4, -0.2) is 31.6 Å². The van der Waals surface area contributed by atoms with Crippen LogP contribution in [0.25, 0.3) is 0 Å². The van der Waals surface area contributed by atoms with Crippen molar-refractivity contribution in [2.24, 2.45) is 5.73 Å². The second-order valence-electron chi connectivity index (χ2n) is 5.12. The van der Waals surface area contributed by atoms with Crippen LogP contribution in [0.4, 0.5) is 10.1 Å². The van der Waals surface area contributed by atoms with Crippen molar-refractivity contribution >= 4 is 11.6 Å². The number of nitrogens with one attached hydrogen (secondary N) is 1. The van der Waals surface area contributed by atoms with E-state index in [0.29, 0.717) is 13.1 Å². The van der Waals surface area contributed by atoms with Gasteiger partial charge in [-0.25, -0.2) is 4.39 Å². The van der Waals surface area contributed by atoms with Crippen LogP contribution < -0.4 is 16.0 Å². The fourth-order valence-electron chi connectivity index (χ4n) is 2.60. The molecule has 0 spiro atoms. The van der Waals surface area contributed by atoms with Crippen molar-refractivity contribution in [2.45, 2.75) is 31.7 Å². The van der Waals surface area contributed by atoms with E-state index in [1.54, 1.807) is 6.07 Å². The molecule has 5 heteroatoms. The van der Waals surface area contributed by atoms with Crippen molar-refractivity contribution in [3.8, 4) is 0 Å². The summed E-state index contributed by atoms with van der Waals surface area (Å²) in [5.41, 5.74) is 6.33. The molecule has 20 heavy (non-hydrogen) atoms. The quantitative estimate of drug-likeness (QED) is 0.861. The lowest BCUT2D eigenvalue weighted by molar-refractivity contribution is -0.122. The van der Waals surface area contributed by atoms with Gasteiger partial charge < -0.3 is 16.0 Å². The predicted molar refractivity (Wildman–Crippen MR) is 78.1 cm³/mol. The Morgan fingerprint density at radius 2 is 2.25 bits per heavy atom. The molecule has 0 radical (unpaired) electrons. The molecule has 2 rings (SSSR count). The lowest BCUT2D eigenvalue weighted by Crippen LogP contribution is -2.46. The van der Waals surface area contributed by atoms with E-state index in [4.69, 9.17) is 5.73 Å². The highest BCUT2D eigenvalue weighted by molar-refractivity contribution is 5.85. The van der Waals surface area contributed by atoms with Crippen LogP contribution in [0.3, 0.4) is 0 Å². The summed E-state index contributed by atoms with van der Waals surface area (Å²) in [5.74, 6) is -0.252. The standard InChI is InChI=1S/C15H22FN3O/c16-12-5-3-6-13(11-12)19(10-4-8-17)14-7-1-2-9-18-15(14)20/h3,5-6,11,14H,1-2,4,7-10,17H2,(H,18,20). The zero-order chi connectivity index (χ0) is 14.4. The molecule has 1 aromatic rings. The highest BCUT2D eigenvalue weighted by atomic mass is 19.1. The number of nitrogens with two attached hydrogens (primary N) is 1. The summed E-state index contributed by atoms with van der Waals surface area (Å²) in [6.07, 6.45) is 3.57. The smallest absolute Gasteiger partial charge is 0.242 e. The molecule has 1 aliphatic rings. The van der Waals surface area contributed by atoms with Gasteiger partial charge in [-0.05, 0) is 50.4 Å². The monoisotopic (exact) mass is 279 g/mol. The van der Waals surface area contributed by atoms with Crippen molar-refractivity contribution < 1.29 is 9.18 Å². The van der Waals surface area contributed by atoms with E-state index in [0.717, 1.165) is 37.9 Å². The van der Waals surface area contributed by atoms with Gasteiger partial charge >= 0.3 is 0 Å². The Bertz CT molecular complexity index is 452. The molecular weight excluding hydrogens is 257 g/mol. The van der Waals surface area contributed by atoms with E-state index in [1.807, 2.05) is 11.0 Å². The zero-order valence-corrected chi connectivity index (χ0v) is 11.6. The van der Waals surface area contributed by atoms with Crippen LogP contribution in [0.1, 0.15) is 25.7 Å². The van der Waals surface area contributed by atoms with Gasteiger partial charge in [0, 0.05) is 18.8 Å². The molecule has 110 valence electrons. The van der Waals surface area contributed by atoms with Gasteiger partial charge in [0.25, 0.3) is 0 Å². The maximum atomic E-state index is 13.4. The molecule has 0 aromatic heterocycles. The summed E-state index contributed by atoms with van der Waals surface area (Å²) in [7, 11) is 0. The average molecular weight is 279 g/mol. The minimum absolute atomic E-state index is 0.0313. The van der Waals surface area contributed by atoms with Crippen molar-refractivity contribution in [2.75, 3.05) is 24.5 Å². The number of amides is 1. The first kappa shape index (κ1) is 14.8. The molecule has 1 heterocycles. The van der Waals surface area contributed by atoms with Crippen LogP contribution in [0, 0.1) is 5.82 Å². The van der Waals surface area contributed by atoms with Gasteiger partial charge in [-0.2, -0.15) is 0 Å². The highest BCUT2D eigenvalue weighted by Gasteiger charge is 2.27. The second kappa shape index (κ2) is 7.24. The molecule has 4 nitrogen and oxygen atoms in total. The van der Waals surface area contributed by atoms with E-state index < -0.39 is 0 Å². The van der Waals surface area contributed by atoms with Crippen molar-refractivity contribution in [3.05, 3.63) is 30.1 Å². The van der Waals surface area contributed by atoms with Gasteiger partial charge in [0.1, 0.15) is 11.9 Å². The number of nitrogens with zero attached hydrogens (tertiary/aromatic N) is 1. The molecule has 1 atom stereocenters. The summed E-state index contributed by atoms with van der Waals surface area (Å²) in [6, 6.07) is 6.18. The molecule has 0 aliphatic carbocycles. The Morgan fingerprint density at radius 3 is 3.00 bits per heavy atom. The molecule has 1 saturated heterocycles. The fraction of sp³-hybridized carbons (Fsp3) is 0.533. The summed E-state index contributed by atoms with van der Waals surface area (Å²) >= 11 is 0. The number of halogens is 1. The lowest BCUT2D eigenvalue weighted by atomic mass is 10.1. The summed E-state index contributed by atoms with van der Waals surface area (Å²) in [5, 5.41) is 2.93. The molecule has 0 bridgehead atoms. The third-order valence-electron chi connectivity index (χ3n) is 3.63. The van der Waals surface area contributed by atoms with Crippen LogP contribution in [-0.2, 0) is 4.79 Å². The lowest BCUT2D eigenvalue weighted by Gasteiger charge is -2.32. The number of hydrogen-bond acceptors (Lipinski definition) is 3. The second-order valence-corrected chi connectivity index (χ2v) is 5.12. The van der Waals surface area contributed by atoms with E-state index in [2.05, 4.69) is 5.32 Å². The van der Waals surface area contributed by atoms with Gasteiger partial charge in [-0.3, -0.25) is 4.79 Å². The summed E-state index contributed by atoms with van der Waals surface area (Å²) in [6.45, 7) is 1.95. The Labute approximate surface area is 119 Å². The van der Waals surface area contributed by atoms with Gasteiger partial charge in [-0.1, -0.05) is 6.07 Å². The maximum absolute atomic E-state index is 13.4. The predicted octanol–water partition coefficient (Wildman–Crippen LogP) is 1.65. The largest absolute Gasteiger partial charge is 0.359 e. The first-order valence-corrected chi connectivity index (χ1v) is 7.22. The number of hydrogen-bond donors (Lipinski definition) is 2. The highest BCUT2D eigenvalue weighted by Crippen LogP contribution is 2.22. The SMILES string of the molecule is NCCCN(c1cccc(F)c1)C1CCCCNC1=O. The van der Waals surface area contributed by atoms with Crippen molar-refractivity contribution in [3.63, 3.8) is 0 Å². The van der Waals surface area contributed by atoms with Crippen LogP contribution >= 0.6 is 0 Å². The van der Waals surface area contributed by atoms with E-state index in [-0.39, 0.29) is 17.8 Å². The Morgan fingerprint density at radius 1 is 1.40 bits per heavy atom. The van der Waals surface area contributed by atoms with Crippen LogP contribution in [0.5, 0.6) is 0 Å². The van der Waals surface area contributed by atoms with Crippen molar-refractivity contribution in [1.29, 1.82) is 0 Å². The van der Waals surface area contributed by atoms with Gasteiger partial charge in [0.2, 0.25) is 5.91 Å². The normalized spacial score (nSPS) is 19.3. The fourth-order valence-corrected chi connectivity index (χ4v) is 2.60. The molecule has 1 unspecified atom stereocenters. The van der Waals surface area contributed by atoms with E-state index >= 15 is 0 Å². The minimum Gasteiger partial charge on any atom is -0.359 e. The number of anilines is 1. The van der Waals surface area contributed by atoms with E-state index in [1.165, 1.54) is 12.1 Å². The van der Waals surface area contributed by atoms with Crippen molar-refractivity contribution in [1.82, 2.24) is 5.32 Å². The molecule has 1 amide bonds. The first-order chi connectivity index (χ1) is 9.72. The number of carbonyl (C=O) groups excluding carboxylic acids is 1. The number of rotatable bonds is 5. The summed E-state index contributed by atoms with van der Waals surface area (Å²) < 4.78 is 13.4. The molecule has 1 aliphatic heterocycles. The molecule has 1 aromatic carbocycles. The van der Waals surface area contributed by atoms with Gasteiger partial charge in [0.05, 0.1) is 0 Å². The average Bonchev–Trinajstić information content (AvgIpc) is 2.65.